The van der Waals surface area contributed by atoms with Crippen molar-refractivity contribution >= 4 is 11.8 Å². The van der Waals surface area contributed by atoms with Crippen LogP contribution in [0, 0.1) is 5.82 Å². The van der Waals surface area contributed by atoms with Crippen molar-refractivity contribution in [3.05, 3.63) is 29.6 Å². The Bertz CT molecular complexity index is 346. The van der Waals surface area contributed by atoms with E-state index in [-0.39, 0.29) is 11.9 Å². The maximum Gasteiger partial charge on any atom is 0.165 e. The Morgan fingerprint density at radius 3 is 2.88 bits per heavy atom. The quantitative estimate of drug-likeness (QED) is 0.758. The fraction of sp³-hybridized carbons (Fsp3) is 0.538. The summed E-state index contributed by atoms with van der Waals surface area (Å²) in [5, 5.41) is 3.41. The standard InChI is InChI=1S/C13H20FNOS/c1-10(15-7-4-8-17-3)11-5-6-12(14)13(9-11)16-2/h5-6,9-10,15H,4,7-8H2,1-3H3. The van der Waals surface area contributed by atoms with Crippen LogP contribution in [0.15, 0.2) is 18.2 Å². The molecule has 1 unspecified atom stereocenters. The van der Waals surface area contributed by atoms with Gasteiger partial charge in [-0.05, 0) is 49.6 Å². The maximum absolute atomic E-state index is 13.2. The van der Waals surface area contributed by atoms with Crippen LogP contribution in [0.25, 0.3) is 0 Å². The number of nitrogens with one attached hydrogen (secondary N) is 1. The molecule has 1 aromatic carbocycles. The predicted molar refractivity (Wildman–Crippen MR) is 72.4 cm³/mol. The average molecular weight is 257 g/mol. The molecule has 0 radical (unpaired) electrons. The summed E-state index contributed by atoms with van der Waals surface area (Å²) >= 11 is 1.85. The maximum atomic E-state index is 13.2. The van der Waals surface area contributed by atoms with Crippen LogP contribution in [-0.4, -0.2) is 25.7 Å². The monoisotopic (exact) mass is 257 g/mol. The Kier molecular flexibility index (Phi) is 6.37. The van der Waals surface area contributed by atoms with E-state index in [0.29, 0.717) is 5.75 Å². The first-order chi connectivity index (χ1) is 8.19. The molecule has 1 aromatic rings. The fourth-order valence-corrected chi connectivity index (χ4v) is 2.03. The van der Waals surface area contributed by atoms with Gasteiger partial charge in [-0.25, -0.2) is 4.39 Å². The summed E-state index contributed by atoms with van der Waals surface area (Å²) < 4.78 is 18.2. The smallest absolute Gasteiger partial charge is 0.165 e. The van der Waals surface area contributed by atoms with Crippen LogP contribution in [0.4, 0.5) is 4.39 Å². The van der Waals surface area contributed by atoms with Crippen molar-refractivity contribution in [3.63, 3.8) is 0 Å². The van der Waals surface area contributed by atoms with Crippen LogP contribution in [0.1, 0.15) is 24.9 Å². The summed E-state index contributed by atoms with van der Waals surface area (Å²) in [5.74, 6) is 1.15. The van der Waals surface area contributed by atoms with Crippen LogP contribution in [-0.2, 0) is 0 Å². The van der Waals surface area contributed by atoms with Gasteiger partial charge in [0.05, 0.1) is 7.11 Å². The largest absolute Gasteiger partial charge is 0.494 e. The molecule has 4 heteroatoms. The molecule has 17 heavy (non-hydrogen) atoms. The van der Waals surface area contributed by atoms with Crippen molar-refractivity contribution in [3.8, 4) is 5.75 Å². The lowest BCUT2D eigenvalue weighted by Gasteiger charge is -2.15. The molecule has 0 aliphatic heterocycles. The molecule has 2 nitrogen and oxygen atoms in total. The van der Waals surface area contributed by atoms with Crippen molar-refractivity contribution < 1.29 is 9.13 Å². The van der Waals surface area contributed by atoms with E-state index in [1.54, 1.807) is 12.1 Å². The molecule has 0 heterocycles. The Morgan fingerprint density at radius 2 is 2.24 bits per heavy atom. The fourth-order valence-electron chi connectivity index (χ4n) is 1.60. The Balaban J connectivity index is 2.53. The van der Waals surface area contributed by atoms with Gasteiger partial charge < -0.3 is 10.1 Å². The van der Waals surface area contributed by atoms with Crippen LogP contribution in [0.5, 0.6) is 5.75 Å². The first-order valence-electron chi connectivity index (χ1n) is 5.74. The van der Waals surface area contributed by atoms with Crippen molar-refractivity contribution in [2.24, 2.45) is 0 Å². The van der Waals surface area contributed by atoms with Crippen LogP contribution in [0.2, 0.25) is 0 Å². The second-order valence-electron chi connectivity index (χ2n) is 3.92. The molecule has 1 rings (SSSR count). The summed E-state index contributed by atoms with van der Waals surface area (Å²) in [5.41, 5.74) is 1.05. The topological polar surface area (TPSA) is 21.3 Å². The van der Waals surface area contributed by atoms with Gasteiger partial charge >= 0.3 is 0 Å². The Labute approximate surface area is 107 Å². The first kappa shape index (κ1) is 14.3. The molecule has 1 atom stereocenters. The van der Waals surface area contributed by atoms with Crippen LogP contribution < -0.4 is 10.1 Å². The third-order valence-electron chi connectivity index (χ3n) is 2.65. The number of ether oxygens (including phenoxy) is 1. The van der Waals surface area contributed by atoms with E-state index in [1.165, 1.54) is 13.2 Å². The van der Waals surface area contributed by atoms with E-state index < -0.39 is 0 Å². The van der Waals surface area contributed by atoms with Gasteiger partial charge in [0, 0.05) is 6.04 Å². The predicted octanol–water partition coefficient (Wildman–Crippen LogP) is 3.24. The molecule has 0 saturated heterocycles. The van der Waals surface area contributed by atoms with E-state index >= 15 is 0 Å². The van der Waals surface area contributed by atoms with Gasteiger partial charge in [-0.1, -0.05) is 6.07 Å². The number of hydrogen-bond acceptors (Lipinski definition) is 3. The molecule has 0 fully saturated rings. The zero-order valence-corrected chi connectivity index (χ0v) is 11.4. The average Bonchev–Trinajstić information content (AvgIpc) is 2.35. The SMILES string of the molecule is COc1cc(C(C)NCCCSC)ccc1F. The minimum atomic E-state index is -0.314. The van der Waals surface area contributed by atoms with Crippen LogP contribution in [0.3, 0.4) is 0 Å². The van der Waals surface area contributed by atoms with Crippen molar-refractivity contribution in [1.29, 1.82) is 0 Å². The van der Waals surface area contributed by atoms with E-state index in [9.17, 15) is 4.39 Å². The van der Waals surface area contributed by atoms with Gasteiger partial charge in [0.25, 0.3) is 0 Å². The molecule has 0 spiro atoms. The zero-order valence-electron chi connectivity index (χ0n) is 10.6. The van der Waals surface area contributed by atoms with E-state index in [0.717, 1.165) is 24.3 Å². The zero-order chi connectivity index (χ0) is 12.7. The van der Waals surface area contributed by atoms with Gasteiger partial charge in [0.1, 0.15) is 0 Å². The summed E-state index contributed by atoms with van der Waals surface area (Å²) in [6.45, 7) is 3.05. The summed E-state index contributed by atoms with van der Waals surface area (Å²) in [7, 11) is 1.48. The Hall–Kier alpha value is -0.740. The molecule has 96 valence electrons. The molecule has 0 aromatic heterocycles. The molecule has 0 aliphatic carbocycles. The minimum Gasteiger partial charge on any atom is -0.494 e. The molecule has 0 aliphatic rings. The summed E-state index contributed by atoms with van der Waals surface area (Å²) in [6.07, 6.45) is 3.25. The van der Waals surface area contributed by atoms with Crippen molar-refractivity contribution in [2.45, 2.75) is 19.4 Å². The highest BCUT2D eigenvalue weighted by atomic mass is 32.2. The third kappa shape index (κ3) is 4.56. The number of hydrogen-bond donors (Lipinski definition) is 1. The van der Waals surface area contributed by atoms with E-state index in [1.807, 2.05) is 11.8 Å². The lowest BCUT2D eigenvalue weighted by Crippen LogP contribution is -2.20. The minimum absolute atomic E-state index is 0.214. The van der Waals surface area contributed by atoms with Gasteiger partial charge in [-0.2, -0.15) is 11.8 Å². The lowest BCUT2D eigenvalue weighted by atomic mass is 10.1. The van der Waals surface area contributed by atoms with Crippen molar-refractivity contribution in [2.75, 3.05) is 25.7 Å². The molecule has 0 amide bonds. The van der Waals surface area contributed by atoms with Gasteiger partial charge in [-0.15, -0.1) is 0 Å². The summed E-state index contributed by atoms with van der Waals surface area (Å²) in [4.78, 5) is 0. The van der Waals surface area contributed by atoms with Gasteiger partial charge in [-0.3, -0.25) is 0 Å². The molecular weight excluding hydrogens is 237 g/mol. The highest BCUT2D eigenvalue weighted by Gasteiger charge is 2.08. The second-order valence-corrected chi connectivity index (χ2v) is 4.90. The first-order valence-corrected chi connectivity index (χ1v) is 7.14. The third-order valence-corrected chi connectivity index (χ3v) is 3.35. The van der Waals surface area contributed by atoms with E-state index in [4.69, 9.17) is 4.74 Å². The van der Waals surface area contributed by atoms with E-state index in [2.05, 4.69) is 18.5 Å². The Morgan fingerprint density at radius 1 is 1.47 bits per heavy atom. The number of halogens is 1. The number of thioether (sulfide) groups is 1. The highest BCUT2D eigenvalue weighted by Crippen LogP contribution is 2.22. The second kappa shape index (κ2) is 7.56. The molecular formula is C13H20FNOS. The lowest BCUT2D eigenvalue weighted by molar-refractivity contribution is 0.385. The molecule has 0 saturated carbocycles. The number of rotatable bonds is 7. The number of methoxy groups -OCH3 is 1. The van der Waals surface area contributed by atoms with Crippen LogP contribution >= 0.6 is 11.8 Å². The van der Waals surface area contributed by atoms with Gasteiger partial charge in [0.2, 0.25) is 0 Å². The summed E-state index contributed by atoms with van der Waals surface area (Å²) in [6, 6.07) is 5.21. The number of benzene rings is 1. The molecule has 0 bridgehead atoms. The highest BCUT2D eigenvalue weighted by molar-refractivity contribution is 7.98. The van der Waals surface area contributed by atoms with Gasteiger partial charge in [0.15, 0.2) is 11.6 Å². The molecule has 1 N–H and O–H groups in total. The van der Waals surface area contributed by atoms with Crippen molar-refractivity contribution in [1.82, 2.24) is 5.32 Å². The normalized spacial score (nSPS) is 12.5.